The van der Waals surface area contributed by atoms with E-state index in [1.165, 1.54) is 0 Å². The van der Waals surface area contributed by atoms with Crippen LogP contribution in [0, 0.1) is 0 Å². The van der Waals surface area contributed by atoms with Crippen molar-refractivity contribution in [2.45, 2.75) is 32.7 Å². The predicted octanol–water partition coefficient (Wildman–Crippen LogP) is 1.79. The topological polar surface area (TPSA) is 44.1 Å². The number of carbonyl (C=O) groups is 1. The first-order valence-corrected chi connectivity index (χ1v) is 4.92. The normalized spacial score (nSPS) is 12.4. The van der Waals surface area contributed by atoms with Crippen molar-refractivity contribution in [3.63, 3.8) is 0 Å². The summed E-state index contributed by atoms with van der Waals surface area (Å²) < 4.78 is 6.69. The largest absolute Gasteiger partial charge is 0.466 e. The van der Waals surface area contributed by atoms with Crippen LogP contribution in [0.2, 0.25) is 0 Å². The van der Waals surface area contributed by atoms with Crippen LogP contribution < -0.4 is 0 Å². The second kappa shape index (κ2) is 5.42. The molecule has 4 nitrogen and oxygen atoms in total. The van der Waals surface area contributed by atoms with Crippen LogP contribution in [0.3, 0.4) is 0 Å². The summed E-state index contributed by atoms with van der Waals surface area (Å²) in [6, 6.07) is 1.97. The van der Waals surface area contributed by atoms with Crippen molar-refractivity contribution in [3.8, 4) is 0 Å². The molecule has 0 radical (unpaired) electrons. The second-order valence-corrected chi connectivity index (χ2v) is 3.06. The number of hydrogen-bond acceptors (Lipinski definition) is 3. The van der Waals surface area contributed by atoms with Crippen LogP contribution in [0.4, 0.5) is 0 Å². The standard InChI is InChI=1S/C10H16N2O2/c1-3-9(8-10(13)14-4-2)12-7-5-6-11-12/h5-7,9H,3-4,8H2,1-2H3. The third-order valence-electron chi connectivity index (χ3n) is 2.08. The minimum atomic E-state index is -0.158. The molecule has 1 atom stereocenters. The fourth-order valence-corrected chi connectivity index (χ4v) is 1.33. The van der Waals surface area contributed by atoms with Crippen molar-refractivity contribution >= 4 is 5.97 Å². The molecule has 0 aliphatic rings. The van der Waals surface area contributed by atoms with Crippen molar-refractivity contribution < 1.29 is 9.53 Å². The van der Waals surface area contributed by atoms with Crippen LogP contribution in [0.25, 0.3) is 0 Å². The molecule has 0 bridgehead atoms. The zero-order chi connectivity index (χ0) is 10.4. The Hall–Kier alpha value is -1.32. The lowest BCUT2D eigenvalue weighted by Gasteiger charge is -2.14. The first-order chi connectivity index (χ1) is 6.77. The lowest BCUT2D eigenvalue weighted by molar-refractivity contribution is -0.144. The molecule has 4 heteroatoms. The Morgan fingerprint density at radius 2 is 2.36 bits per heavy atom. The van der Waals surface area contributed by atoms with Crippen LogP contribution in [0.1, 0.15) is 32.7 Å². The monoisotopic (exact) mass is 196 g/mol. The van der Waals surface area contributed by atoms with E-state index >= 15 is 0 Å². The smallest absolute Gasteiger partial charge is 0.307 e. The lowest BCUT2D eigenvalue weighted by atomic mass is 10.1. The zero-order valence-corrected chi connectivity index (χ0v) is 8.64. The van der Waals surface area contributed by atoms with Crippen LogP contribution in [-0.2, 0) is 9.53 Å². The minimum absolute atomic E-state index is 0.115. The van der Waals surface area contributed by atoms with Crippen LogP contribution in [-0.4, -0.2) is 22.4 Å². The third kappa shape index (κ3) is 2.87. The maximum absolute atomic E-state index is 11.2. The van der Waals surface area contributed by atoms with Gasteiger partial charge >= 0.3 is 5.97 Å². The molecule has 0 N–H and O–H groups in total. The molecule has 1 rings (SSSR count). The van der Waals surface area contributed by atoms with E-state index in [0.717, 1.165) is 6.42 Å². The van der Waals surface area contributed by atoms with Crippen LogP contribution in [0.15, 0.2) is 18.5 Å². The number of esters is 1. The van der Waals surface area contributed by atoms with Gasteiger partial charge in [-0.1, -0.05) is 6.92 Å². The first-order valence-electron chi connectivity index (χ1n) is 4.92. The highest BCUT2D eigenvalue weighted by molar-refractivity contribution is 5.69. The summed E-state index contributed by atoms with van der Waals surface area (Å²) in [7, 11) is 0. The van der Waals surface area contributed by atoms with E-state index < -0.39 is 0 Å². The van der Waals surface area contributed by atoms with Gasteiger partial charge in [0.2, 0.25) is 0 Å². The molecule has 1 unspecified atom stereocenters. The number of ether oxygens (including phenoxy) is 1. The Morgan fingerprint density at radius 1 is 1.57 bits per heavy atom. The van der Waals surface area contributed by atoms with E-state index in [4.69, 9.17) is 4.74 Å². The highest BCUT2D eigenvalue weighted by Crippen LogP contribution is 2.14. The fraction of sp³-hybridized carbons (Fsp3) is 0.600. The van der Waals surface area contributed by atoms with Gasteiger partial charge in [-0.3, -0.25) is 9.48 Å². The highest BCUT2D eigenvalue weighted by Gasteiger charge is 2.14. The van der Waals surface area contributed by atoms with Gasteiger partial charge < -0.3 is 4.74 Å². The number of hydrogen-bond donors (Lipinski definition) is 0. The van der Waals surface area contributed by atoms with Crippen LogP contribution in [0.5, 0.6) is 0 Å². The molecule has 0 spiro atoms. The molecule has 0 aliphatic heterocycles. The average molecular weight is 196 g/mol. The van der Waals surface area contributed by atoms with E-state index in [2.05, 4.69) is 5.10 Å². The van der Waals surface area contributed by atoms with Crippen molar-refractivity contribution in [1.29, 1.82) is 0 Å². The maximum atomic E-state index is 11.2. The van der Waals surface area contributed by atoms with Crippen molar-refractivity contribution in [2.75, 3.05) is 6.61 Å². The van der Waals surface area contributed by atoms with E-state index in [1.54, 1.807) is 10.9 Å². The van der Waals surface area contributed by atoms with E-state index in [-0.39, 0.29) is 12.0 Å². The van der Waals surface area contributed by atoms with E-state index in [1.807, 2.05) is 26.1 Å². The Kier molecular flexibility index (Phi) is 4.16. The van der Waals surface area contributed by atoms with Gasteiger partial charge in [0.25, 0.3) is 0 Å². The third-order valence-corrected chi connectivity index (χ3v) is 2.08. The number of carbonyl (C=O) groups excluding carboxylic acids is 1. The van der Waals surface area contributed by atoms with Gasteiger partial charge in [-0.15, -0.1) is 0 Å². The predicted molar refractivity (Wildman–Crippen MR) is 52.8 cm³/mol. The molecule has 0 aliphatic carbocycles. The number of nitrogens with zero attached hydrogens (tertiary/aromatic N) is 2. The van der Waals surface area contributed by atoms with Gasteiger partial charge in [0.15, 0.2) is 0 Å². The molecular formula is C10H16N2O2. The summed E-state index contributed by atoms with van der Waals surface area (Å²) in [5.41, 5.74) is 0. The van der Waals surface area contributed by atoms with Gasteiger partial charge in [-0.2, -0.15) is 5.10 Å². The summed E-state index contributed by atoms with van der Waals surface area (Å²) >= 11 is 0. The van der Waals surface area contributed by atoms with Gasteiger partial charge in [0.1, 0.15) is 0 Å². The summed E-state index contributed by atoms with van der Waals surface area (Å²) in [4.78, 5) is 11.2. The molecule has 0 aromatic carbocycles. The molecule has 1 heterocycles. The zero-order valence-electron chi connectivity index (χ0n) is 8.64. The fourth-order valence-electron chi connectivity index (χ4n) is 1.33. The van der Waals surface area contributed by atoms with Gasteiger partial charge in [0, 0.05) is 12.4 Å². The van der Waals surface area contributed by atoms with Crippen molar-refractivity contribution in [1.82, 2.24) is 9.78 Å². The van der Waals surface area contributed by atoms with Gasteiger partial charge in [-0.05, 0) is 19.4 Å². The average Bonchev–Trinajstić information content (AvgIpc) is 2.67. The Bertz CT molecular complexity index is 270. The number of rotatable bonds is 5. The molecule has 0 fully saturated rings. The Labute approximate surface area is 83.9 Å². The van der Waals surface area contributed by atoms with Crippen LogP contribution >= 0.6 is 0 Å². The maximum Gasteiger partial charge on any atom is 0.307 e. The summed E-state index contributed by atoms with van der Waals surface area (Å²) in [6.07, 6.45) is 4.85. The SMILES string of the molecule is CCOC(=O)CC(CC)n1cccn1. The molecule has 1 aromatic rings. The van der Waals surface area contributed by atoms with E-state index in [9.17, 15) is 4.79 Å². The Morgan fingerprint density at radius 3 is 2.86 bits per heavy atom. The molecule has 0 saturated heterocycles. The summed E-state index contributed by atoms with van der Waals surface area (Å²) in [6.45, 7) is 4.28. The summed E-state index contributed by atoms with van der Waals surface area (Å²) in [5, 5.41) is 4.11. The van der Waals surface area contributed by atoms with Gasteiger partial charge in [-0.25, -0.2) is 0 Å². The first kappa shape index (κ1) is 10.8. The Balaban J connectivity index is 2.51. The molecule has 14 heavy (non-hydrogen) atoms. The van der Waals surface area contributed by atoms with E-state index in [0.29, 0.717) is 13.0 Å². The quantitative estimate of drug-likeness (QED) is 0.674. The van der Waals surface area contributed by atoms with Crippen molar-refractivity contribution in [3.05, 3.63) is 18.5 Å². The minimum Gasteiger partial charge on any atom is -0.466 e. The molecular weight excluding hydrogens is 180 g/mol. The number of aromatic nitrogens is 2. The lowest BCUT2D eigenvalue weighted by Crippen LogP contribution is -2.15. The van der Waals surface area contributed by atoms with Crippen molar-refractivity contribution in [2.24, 2.45) is 0 Å². The second-order valence-electron chi connectivity index (χ2n) is 3.06. The molecule has 0 saturated carbocycles. The summed E-state index contributed by atoms with van der Waals surface area (Å²) in [5.74, 6) is -0.158. The van der Waals surface area contributed by atoms with Gasteiger partial charge in [0.05, 0.1) is 19.1 Å². The highest BCUT2D eigenvalue weighted by atomic mass is 16.5. The molecule has 0 amide bonds. The molecule has 1 aromatic heterocycles. The molecule has 78 valence electrons.